The molecule has 1 aliphatic rings. The largest absolute Gasteiger partial charge is 0.328 e. The van der Waals surface area contributed by atoms with Crippen LogP contribution in [0.5, 0.6) is 0 Å². The third-order valence-corrected chi connectivity index (χ3v) is 3.78. The lowest BCUT2D eigenvalue weighted by Crippen LogP contribution is -2.39. The lowest BCUT2D eigenvalue weighted by molar-refractivity contribution is 0.0594. The monoisotopic (exact) mass is 310 g/mol. The average Bonchev–Trinajstić information content (AvgIpc) is 3.06. The highest BCUT2D eigenvalue weighted by molar-refractivity contribution is 5.94. The highest BCUT2D eigenvalue weighted by Gasteiger charge is 2.32. The molecule has 1 fully saturated rings. The van der Waals surface area contributed by atoms with Gasteiger partial charge in [-0.05, 0) is 31.4 Å². The van der Waals surface area contributed by atoms with Crippen LogP contribution >= 0.6 is 0 Å². The van der Waals surface area contributed by atoms with E-state index in [2.05, 4.69) is 15.2 Å². The number of carbonyl (C=O) groups is 1. The number of amides is 1. The Hall–Kier alpha value is -2.38. The molecule has 0 unspecified atom stereocenters. The van der Waals surface area contributed by atoms with Gasteiger partial charge in [-0.25, -0.2) is 18.2 Å². The standard InChI is InChI=1S/C14H13F3N4O/c15-9-5-4-8(11(16)12(9)17)14(22)21-6-2-1-3-10(21)13-18-7-19-20-13/h4-5,7,10H,1-3,6H2,(H,18,19,20)/t10-/m0/s1. The highest BCUT2D eigenvalue weighted by Crippen LogP contribution is 2.30. The number of hydrogen-bond donors (Lipinski definition) is 1. The molecule has 8 heteroatoms. The number of piperidine rings is 1. The molecule has 0 radical (unpaired) electrons. The molecule has 0 spiro atoms. The number of benzene rings is 1. The maximum absolute atomic E-state index is 13.8. The molecule has 1 atom stereocenters. The van der Waals surface area contributed by atoms with E-state index in [9.17, 15) is 18.0 Å². The van der Waals surface area contributed by atoms with Gasteiger partial charge < -0.3 is 4.90 Å². The van der Waals surface area contributed by atoms with Crippen LogP contribution in [-0.4, -0.2) is 32.5 Å². The molecule has 1 aliphatic heterocycles. The zero-order valence-corrected chi connectivity index (χ0v) is 11.5. The minimum absolute atomic E-state index is 0.378. The maximum Gasteiger partial charge on any atom is 0.257 e. The Kier molecular flexibility index (Phi) is 3.82. The number of aromatic nitrogens is 3. The van der Waals surface area contributed by atoms with Gasteiger partial charge in [0, 0.05) is 6.54 Å². The van der Waals surface area contributed by atoms with E-state index in [1.165, 1.54) is 11.2 Å². The zero-order valence-electron chi connectivity index (χ0n) is 11.5. The molecule has 1 aromatic heterocycles. The van der Waals surface area contributed by atoms with Crippen LogP contribution in [0.3, 0.4) is 0 Å². The Morgan fingerprint density at radius 2 is 2.05 bits per heavy atom. The van der Waals surface area contributed by atoms with Crippen molar-refractivity contribution in [2.24, 2.45) is 0 Å². The topological polar surface area (TPSA) is 61.9 Å². The van der Waals surface area contributed by atoms with E-state index >= 15 is 0 Å². The van der Waals surface area contributed by atoms with Crippen LogP contribution in [0.15, 0.2) is 18.5 Å². The van der Waals surface area contributed by atoms with Crippen molar-refractivity contribution in [1.29, 1.82) is 0 Å². The fourth-order valence-electron chi connectivity index (χ4n) is 2.68. The Balaban J connectivity index is 1.94. The fraction of sp³-hybridized carbons (Fsp3) is 0.357. The number of rotatable bonds is 2. The molecular formula is C14H13F3N4O. The molecule has 116 valence electrons. The van der Waals surface area contributed by atoms with Gasteiger partial charge in [-0.15, -0.1) is 0 Å². The summed E-state index contributed by atoms with van der Waals surface area (Å²) in [7, 11) is 0. The maximum atomic E-state index is 13.8. The molecule has 0 bridgehead atoms. The van der Waals surface area contributed by atoms with Crippen molar-refractivity contribution in [3.05, 3.63) is 47.3 Å². The number of carbonyl (C=O) groups excluding carboxylic acids is 1. The third-order valence-electron chi connectivity index (χ3n) is 3.78. The first-order chi connectivity index (χ1) is 10.6. The number of likely N-dealkylation sites (tertiary alicyclic amines) is 1. The van der Waals surface area contributed by atoms with Gasteiger partial charge in [0.15, 0.2) is 17.5 Å². The van der Waals surface area contributed by atoms with E-state index in [1.54, 1.807) is 0 Å². The molecule has 1 aromatic carbocycles. The summed E-state index contributed by atoms with van der Waals surface area (Å²) >= 11 is 0. The quantitative estimate of drug-likeness (QED) is 0.867. The summed E-state index contributed by atoms with van der Waals surface area (Å²) in [5, 5.41) is 6.44. The van der Waals surface area contributed by atoms with Crippen LogP contribution in [0, 0.1) is 17.5 Å². The Morgan fingerprint density at radius 1 is 1.23 bits per heavy atom. The number of halogens is 3. The Labute approximate surface area is 124 Å². The summed E-state index contributed by atoms with van der Waals surface area (Å²) in [6.07, 6.45) is 3.61. The van der Waals surface area contributed by atoms with E-state index < -0.39 is 28.9 Å². The smallest absolute Gasteiger partial charge is 0.257 e. The minimum Gasteiger partial charge on any atom is -0.328 e. The molecule has 22 heavy (non-hydrogen) atoms. The molecule has 0 aliphatic carbocycles. The van der Waals surface area contributed by atoms with Crippen LogP contribution in [0.1, 0.15) is 41.5 Å². The average molecular weight is 310 g/mol. The number of hydrogen-bond acceptors (Lipinski definition) is 3. The van der Waals surface area contributed by atoms with E-state index in [-0.39, 0.29) is 6.04 Å². The van der Waals surface area contributed by atoms with E-state index in [0.29, 0.717) is 18.8 Å². The van der Waals surface area contributed by atoms with Crippen molar-refractivity contribution in [3.8, 4) is 0 Å². The second-order valence-electron chi connectivity index (χ2n) is 5.10. The van der Waals surface area contributed by atoms with Gasteiger partial charge in [-0.3, -0.25) is 9.89 Å². The van der Waals surface area contributed by atoms with Gasteiger partial charge >= 0.3 is 0 Å². The van der Waals surface area contributed by atoms with Crippen molar-refractivity contribution in [2.75, 3.05) is 6.54 Å². The SMILES string of the molecule is O=C(c1ccc(F)c(F)c1F)N1CCCC[C@H]1c1ncn[nH]1. The lowest BCUT2D eigenvalue weighted by atomic mass is 10.00. The molecule has 1 amide bonds. The van der Waals surface area contributed by atoms with Gasteiger partial charge in [0.05, 0.1) is 11.6 Å². The predicted molar refractivity (Wildman–Crippen MR) is 70.3 cm³/mol. The predicted octanol–water partition coefficient (Wildman–Crippen LogP) is 2.59. The Bertz CT molecular complexity index is 690. The normalized spacial score (nSPS) is 18.5. The molecule has 3 rings (SSSR count). The molecular weight excluding hydrogens is 297 g/mol. The van der Waals surface area contributed by atoms with Gasteiger partial charge in [0.25, 0.3) is 5.91 Å². The molecule has 2 aromatic rings. The summed E-state index contributed by atoms with van der Waals surface area (Å²) in [4.78, 5) is 18.0. The van der Waals surface area contributed by atoms with Crippen molar-refractivity contribution < 1.29 is 18.0 Å². The first kappa shape index (κ1) is 14.6. The van der Waals surface area contributed by atoms with E-state index in [1.807, 2.05) is 0 Å². The summed E-state index contributed by atoms with van der Waals surface area (Å²) in [5.74, 6) is -4.61. The summed E-state index contributed by atoms with van der Waals surface area (Å²) in [5.41, 5.74) is -0.481. The van der Waals surface area contributed by atoms with Gasteiger partial charge in [-0.1, -0.05) is 0 Å². The molecule has 5 nitrogen and oxygen atoms in total. The second kappa shape index (κ2) is 5.78. The van der Waals surface area contributed by atoms with Gasteiger partial charge in [0.1, 0.15) is 12.2 Å². The van der Waals surface area contributed by atoms with Crippen molar-refractivity contribution in [1.82, 2.24) is 20.1 Å². The van der Waals surface area contributed by atoms with E-state index in [4.69, 9.17) is 0 Å². The summed E-state index contributed by atoms with van der Waals surface area (Å²) in [6, 6.07) is 1.33. The summed E-state index contributed by atoms with van der Waals surface area (Å²) < 4.78 is 40.2. The number of nitrogens with zero attached hydrogens (tertiary/aromatic N) is 3. The first-order valence-corrected chi connectivity index (χ1v) is 6.89. The molecule has 1 N–H and O–H groups in total. The van der Waals surface area contributed by atoms with Gasteiger partial charge in [0.2, 0.25) is 0 Å². The van der Waals surface area contributed by atoms with Crippen molar-refractivity contribution in [2.45, 2.75) is 25.3 Å². The number of aromatic amines is 1. The zero-order chi connectivity index (χ0) is 15.7. The lowest BCUT2D eigenvalue weighted by Gasteiger charge is -2.34. The van der Waals surface area contributed by atoms with Crippen LogP contribution in [0.25, 0.3) is 0 Å². The molecule has 2 heterocycles. The van der Waals surface area contributed by atoms with Crippen LogP contribution in [0.4, 0.5) is 13.2 Å². The highest BCUT2D eigenvalue weighted by atomic mass is 19.2. The first-order valence-electron chi connectivity index (χ1n) is 6.89. The molecule has 0 saturated carbocycles. The van der Waals surface area contributed by atoms with Crippen molar-refractivity contribution >= 4 is 5.91 Å². The second-order valence-corrected chi connectivity index (χ2v) is 5.10. The van der Waals surface area contributed by atoms with Crippen LogP contribution < -0.4 is 0 Å². The molecule has 1 saturated heterocycles. The Morgan fingerprint density at radius 3 is 2.77 bits per heavy atom. The van der Waals surface area contributed by atoms with Crippen molar-refractivity contribution in [3.63, 3.8) is 0 Å². The third kappa shape index (κ3) is 2.44. The fourth-order valence-corrected chi connectivity index (χ4v) is 2.68. The van der Waals surface area contributed by atoms with Gasteiger partial charge in [-0.2, -0.15) is 5.10 Å². The summed E-state index contributed by atoms with van der Waals surface area (Å²) in [6.45, 7) is 0.392. The minimum atomic E-state index is -1.64. The van der Waals surface area contributed by atoms with Crippen LogP contribution in [0.2, 0.25) is 0 Å². The number of H-pyrrole nitrogens is 1. The number of nitrogens with one attached hydrogen (secondary N) is 1. The van der Waals surface area contributed by atoms with E-state index in [0.717, 1.165) is 25.0 Å². The van der Waals surface area contributed by atoms with Crippen LogP contribution in [-0.2, 0) is 0 Å².